The molecule has 2 aromatic rings. The quantitative estimate of drug-likeness (QED) is 0.598. The van der Waals surface area contributed by atoms with Crippen molar-refractivity contribution in [2.75, 3.05) is 23.7 Å². The normalized spacial score (nSPS) is 12.2. The topological polar surface area (TPSA) is 86.8 Å². The van der Waals surface area contributed by atoms with Crippen LogP contribution in [-0.2, 0) is 26.2 Å². The summed E-state index contributed by atoms with van der Waals surface area (Å²) in [4.78, 5) is 27.3. The molecule has 0 saturated carbocycles. The minimum absolute atomic E-state index is 0.138. The number of halogens is 1. The summed E-state index contributed by atoms with van der Waals surface area (Å²) in [5, 5.41) is 3.28. The van der Waals surface area contributed by atoms with Crippen LogP contribution >= 0.6 is 11.6 Å². The molecule has 2 rings (SSSR count). The Morgan fingerprint density at radius 2 is 1.69 bits per heavy atom. The van der Waals surface area contributed by atoms with Crippen LogP contribution in [0.4, 0.5) is 5.69 Å². The van der Waals surface area contributed by atoms with Crippen molar-refractivity contribution in [3.05, 3.63) is 64.2 Å². The molecule has 0 aliphatic rings. The summed E-state index contributed by atoms with van der Waals surface area (Å²) in [5.74, 6) is -0.797. The van der Waals surface area contributed by atoms with E-state index >= 15 is 0 Å². The van der Waals surface area contributed by atoms with E-state index < -0.39 is 28.5 Å². The van der Waals surface area contributed by atoms with Gasteiger partial charge in [0.15, 0.2) is 0 Å². The maximum atomic E-state index is 13.4. The molecule has 0 aliphatic heterocycles. The second kappa shape index (κ2) is 10.8. The number of nitrogens with zero attached hydrogens (tertiary/aromatic N) is 2. The van der Waals surface area contributed by atoms with Crippen molar-refractivity contribution in [1.82, 2.24) is 10.2 Å². The molecule has 2 aromatic carbocycles. The second-order valence-electron chi connectivity index (χ2n) is 7.76. The zero-order valence-corrected chi connectivity index (χ0v) is 20.6. The smallest absolute Gasteiger partial charge is 0.244 e. The summed E-state index contributed by atoms with van der Waals surface area (Å²) in [7, 11) is -3.74. The van der Waals surface area contributed by atoms with Crippen LogP contribution in [0.15, 0.2) is 42.5 Å². The van der Waals surface area contributed by atoms with Gasteiger partial charge in [0.05, 0.1) is 11.9 Å². The van der Waals surface area contributed by atoms with Gasteiger partial charge in [-0.2, -0.15) is 0 Å². The average molecular weight is 480 g/mol. The summed E-state index contributed by atoms with van der Waals surface area (Å²) in [6, 6.07) is 11.4. The Labute approximate surface area is 195 Å². The molecule has 0 bridgehead atoms. The Kier molecular flexibility index (Phi) is 8.69. The molecule has 0 aliphatic carbocycles. The molecule has 1 N–H and O–H groups in total. The van der Waals surface area contributed by atoms with E-state index in [-0.39, 0.29) is 12.5 Å². The largest absolute Gasteiger partial charge is 0.355 e. The van der Waals surface area contributed by atoms with Gasteiger partial charge in [-0.25, -0.2) is 8.42 Å². The van der Waals surface area contributed by atoms with Crippen LogP contribution in [-0.4, -0.2) is 50.5 Å². The Bertz CT molecular complexity index is 1070. The SMILES string of the molecule is CCNC(=O)[C@H](C)N(Cc1ccc(Cl)cc1)C(=O)CN(c1ccc(C)c(C)c1)S(C)(=O)=O. The third-order valence-electron chi connectivity index (χ3n) is 5.24. The van der Waals surface area contributed by atoms with E-state index in [4.69, 9.17) is 11.6 Å². The van der Waals surface area contributed by atoms with Gasteiger partial charge in [-0.3, -0.25) is 13.9 Å². The Morgan fingerprint density at radius 3 is 2.22 bits per heavy atom. The monoisotopic (exact) mass is 479 g/mol. The lowest BCUT2D eigenvalue weighted by molar-refractivity contribution is -0.139. The highest BCUT2D eigenvalue weighted by molar-refractivity contribution is 7.92. The third kappa shape index (κ3) is 6.71. The predicted molar refractivity (Wildman–Crippen MR) is 128 cm³/mol. The summed E-state index contributed by atoms with van der Waals surface area (Å²) >= 11 is 5.96. The molecule has 0 spiro atoms. The maximum Gasteiger partial charge on any atom is 0.244 e. The number of sulfonamides is 1. The number of rotatable bonds is 9. The van der Waals surface area contributed by atoms with Crippen molar-refractivity contribution in [3.8, 4) is 0 Å². The zero-order valence-electron chi connectivity index (χ0n) is 19.1. The van der Waals surface area contributed by atoms with Crippen molar-refractivity contribution >= 4 is 39.1 Å². The van der Waals surface area contributed by atoms with Crippen LogP contribution in [0.3, 0.4) is 0 Å². The highest BCUT2D eigenvalue weighted by Crippen LogP contribution is 2.22. The molecule has 1 atom stereocenters. The number of carbonyl (C=O) groups excluding carboxylic acids is 2. The van der Waals surface area contributed by atoms with Crippen molar-refractivity contribution in [1.29, 1.82) is 0 Å². The van der Waals surface area contributed by atoms with E-state index in [1.165, 1.54) is 4.90 Å². The van der Waals surface area contributed by atoms with Gasteiger partial charge < -0.3 is 10.2 Å². The molecular formula is C23H30ClN3O4S. The highest BCUT2D eigenvalue weighted by Gasteiger charge is 2.30. The molecule has 0 radical (unpaired) electrons. The first kappa shape index (κ1) is 25.7. The van der Waals surface area contributed by atoms with Gasteiger partial charge in [-0.05, 0) is 68.7 Å². The van der Waals surface area contributed by atoms with Crippen LogP contribution in [0.5, 0.6) is 0 Å². The second-order valence-corrected chi connectivity index (χ2v) is 10.1. The van der Waals surface area contributed by atoms with Gasteiger partial charge in [0.2, 0.25) is 21.8 Å². The van der Waals surface area contributed by atoms with E-state index in [9.17, 15) is 18.0 Å². The van der Waals surface area contributed by atoms with Crippen molar-refractivity contribution in [2.45, 2.75) is 40.3 Å². The average Bonchev–Trinajstić information content (AvgIpc) is 2.72. The van der Waals surface area contributed by atoms with E-state index in [2.05, 4.69) is 5.32 Å². The minimum atomic E-state index is -3.74. The lowest BCUT2D eigenvalue weighted by atomic mass is 10.1. The highest BCUT2D eigenvalue weighted by atomic mass is 35.5. The first-order valence-corrected chi connectivity index (χ1v) is 12.5. The number of likely N-dealkylation sites (N-methyl/N-ethyl adjacent to an activating group) is 1. The van der Waals surface area contributed by atoms with Crippen LogP contribution < -0.4 is 9.62 Å². The van der Waals surface area contributed by atoms with Gasteiger partial charge in [0, 0.05) is 18.1 Å². The van der Waals surface area contributed by atoms with E-state index in [1.54, 1.807) is 50.2 Å². The Balaban J connectivity index is 2.39. The predicted octanol–water partition coefficient (Wildman–Crippen LogP) is 3.28. The zero-order chi connectivity index (χ0) is 24.1. The Hall–Kier alpha value is -2.58. The van der Waals surface area contributed by atoms with Crippen LogP contribution in [0.2, 0.25) is 5.02 Å². The van der Waals surface area contributed by atoms with Crippen molar-refractivity contribution in [2.24, 2.45) is 0 Å². The lowest BCUT2D eigenvalue weighted by Crippen LogP contribution is -2.51. The molecule has 9 heteroatoms. The molecule has 0 heterocycles. The summed E-state index contributed by atoms with van der Waals surface area (Å²) in [5.41, 5.74) is 3.11. The fraction of sp³-hybridized carbons (Fsp3) is 0.391. The van der Waals surface area contributed by atoms with Gasteiger partial charge in [0.25, 0.3) is 0 Å². The molecule has 7 nitrogen and oxygen atoms in total. The number of anilines is 1. The van der Waals surface area contributed by atoms with Gasteiger partial charge in [-0.15, -0.1) is 0 Å². The standard InChI is InChI=1S/C23H30ClN3O4S/c1-6-25-23(29)18(4)26(14-19-8-10-20(24)11-9-19)22(28)15-27(32(5,30)31)21-12-7-16(2)17(3)13-21/h7-13,18H,6,14-15H2,1-5H3,(H,25,29)/t18-/m0/s1. The van der Waals surface area contributed by atoms with E-state index in [1.807, 2.05) is 19.9 Å². The number of hydrogen-bond acceptors (Lipinski definition) is 4. The van der Waals surface area contributed by atoms with Gasteiger partial charge >= 0.3 is 0 Å². The van der Waals surface area contributed by atoms with E-state index in [0.717, 1.165) is 27.3 Å². The third-order valence-corrected chi connectivity index (χ3v) is 6.63. The first-order valence-electron chi connectivity index (χ1n) is 10.3. The first-order chi connectivity index (χ1) is 14.9. The molecule has 2 amide bonds. The molecule has 0 unspecified atom stereocenters. The molecule has 0 saturated heterocycles. The molecular weight excluding hydrogens is 450 g/mol. The summed E-state index contributed by atoms with van der Waals surface area (Å²) < 4.78 is 26.2. The number of carbonyl (C=O) groups is 2. The van der Waals surface area contributed by atoms with E-state index in [0.29, 0.717) is 17.3 Å². The molecule has 174 valence electrons. The summed E-state index contributed by atoms with van der Waals surface area (Å²) in [6.45, 7) is 7.37. The lowest BCUT2D eigenvalue weighted by Gasteiger charge is -2.31. The Morgan fingerprint density at radius 1 is 1.06 bits per heavy atom. The number of hydrogen-bond donors (Lipinski definition) is 1. The van der Waals surface area contributed by atoms with Gasteiger partial charge in [-0.1, -0.05) is 29.8 Å². The molecule has 0 fully saturated rings. The number of amides is 2. The summed E-state index contributed by atoms with van der Waals surface area (Å²) in [6.07, 6.45) is 1.06. The van der Waals surface area contributed by atoms with Crippen LogP contribution in [0.25, 0.3) is 0 Å². The van der Waals surface area contributed by atoms with Crippen LogP contribution in [0.1, 0.15) is 30.5 Å². The number of benzene rings is 2. The van der Waals surface area contributed by atoms with Crippen molar-refractivity contribution < 1.29 is 18.0 Å². The van der Waals surface area contributed by atoms with Gasteiger partial charge in [0.1, 0.15) is 12.6 Å². The van der Waals surface area contributed by atoms with Crippen molar-refractivity contribution in [3.63, 3.8) is 0 Å². The number of nitrogens with one attached hydrogen (secondary N) is 1. The molecule has 32 heavy (non-hydrogen) atoms. The maximum absolute atomic E-state index is 13.4. The van der Waals surface area contributed by atoms with Crippen LogP contribution in [0, 0.1) is 13.8 Å². The molecule has 0 aromatic heterocycles. The fourth-order valence-corrected chi connectivity index (χ4v) is 4.15. The minimum Gasteiger partial charge on any atom is -0.355 e. The number of aryl methyl sites for hydroxylation is 2. The fourth-order valence-electron chi connectivity index (χ4n) is 3.19.